The molecule has 0 radical (unpaired) electrons. The van der Waals surface area contributed by atoms with E-state index >= 15 is 0 Å². The zero-order valence-corrected chi connectivity index (χ0v) is 14.0. The van der Waals surface area contributed by atoms with Gasteiger partial charge < -0.3 is 14.7 Å². The van der Waals surface area contributed by atoms with Crippen LogP contribution in [-0.4, -0.2) is 15.9 Å². The molecule has 0 saturated carbocycles. The number of nitrogens with one attached hydrogen (secondary N) is 2. The summed E-state index contributed by atoms with van der Waals surface area (Å²) in [4.78, 5) is 19.5. The summed E-state index contributed by atoms with van der Waals surface area (Å²) < 4.78 is 6.01. The summed E-state index contributed by atoms with van der Waals surface area (Å²) >= 11 is 3.49. The van der Waals surface area contributed by atoms with Gasteiger partial charge in [0, 0.05) is 22.2 Å². The van der Waals surface area contributed by atoms with E-state index in [2.05, 4.69) is 31.2 Å². The number of oxazole rings is 1. The number of hydrogen-bond acceptors (Lipinski definition) is 3. The molecule has 0 bridgehead atoms. The number of para-hydroxylation sites is 1. The monoisotopic (exact) mass is 381 g/mol. The van der Waals surface area contributed by atoms with Crippen molar-refractivity contribution in [1.82, 2.24) is 9.97 Å². The first-order chi connectivity index (χ1) is 11.7. The molecular formula is C18H12BrN3O2. The van der Waals surface area contributed by atoms with Crippen LogP contribution in [0.2, 0.25) is 0 Å². The number of carbonyl (C=O) groups excluding carboxylic acids is 1. The van der Waals surface area contributed by atoms with Gasteiger partial charge >= 0.3 is 0 Å². The van der Waals surface area contributed by atoms with Gasteiger partial charge in [0.1, 0.15) is 5.69 Å². The van der Waals surface area contributed by atoms with Crippen LogP contribution in [-0.2, 0) is 0 Å². The number of hydrogen-bond donors (Lipinski definition) is 2. The summed E-state index contributed by atoms with van der Waals surface area (Å²) in [5.41, 5.74) is 3.01. The van der Waals surface area contributed by atoms with Crippen LogP contribution >= 0.6 is 15.9 Å². The lowest BCUT2D eigenvalue weighted by Gasteiger charge is -2.05. The third-order valence-corrected chi connectivity index (χ3v) is 4.55. The van der Waals surface area contributed by atoms with Gasteiger partial charge in [-0.25, -0.2) is 4.98 Å². The maximum Gasteiger partial charge on any atom is 0.273 e. The number of carbonyl (C=O) groups is 1. The molecule has 2 N–H and O–H groups in total. The van der Waals surface area contributed by atoms with Crippen molar-refractivity contribution in [1.29, 1.82) is 0 Å². The first kappa shape index (κ1) is 14.7. The highest BCUT2D eigenvalue weighted by Crippen LogP contribution is 2.28. The first-order valence-corrected chi connectivity index (χ1v) is 8.08. The molecule has 0 aliphatic heterocycles. The second-order valence-corrected chi connectivity index (χ2v) is 6.05. The van der Waals surface area contributed by atoms with Crippen molar-refractivity contribution in [2.45, 2.75) is 0 Å². The Hall–Kier alpha value is -2.86. The molecule has 6 heteroatoms. The van der Waals surface area contributed by atoms with E-state index < -0.39 is 0 Å². The molecule has 0 fully saturated rings. The number of amides is 1. The number of nitrogens with zero attached hydrogens (tertiary/aromatic N) is 1. The molecule has 2 aromatic carbocycles. The maximum absolute atomic E-state index is 12.5. The number of anilines is 1. The van der Waals surface area contributed by atoms with Gasteiger partial charge in [0.15, 0.2) is 12.2 Å². The quantitative estimate of drug-likeness (QED) is 0.533. The maximum atomic E-state index is 12.5. The van der Waals surface area contributed by atoms with Gasteiger partial charge in [-0.1, -0.05) is 18.2 Å². The molecule has 2 heterocycles. The second kappa shape index (κ2) is 5.98. The van der Waals surface area contributed by atoms with Crippen LogP contribution in [0.1, 0.15) is 10.5 Å². The molecule has 0 aliphatic carbocycles. The van der Waals surface area contributed by atoms with E-state index in [0.717, 1.165) is 20.9 Å². The number of H-pyrrole nitrogens is 1. The number of rotatable bonds is 3. The predicted molar refractivity (Wildman–Crippen MR) is 95.9 cm³/mol. The van der Waals surface area contributed by atoms with E-state index in [0.29, 0.717) is 17.1 Å². The summed E-state index contributed by atoms with van der Waals surface area (Å²) in [6, 6.07) is 15.1. The number of aromatic amines is 1. The lowest BCUT2D eigenvalue weighted by molar-refractivity contribution is 0.102. The Bertz CT molecular complexity index is 1000. The number of fused-ring (bicyclic) bond motifs is 1. The molecule has 5 nitrogen and oxygen atoms in total. The summed E-state index contributed by atoms with van der Waals surface area (Å²) in [5.74, 6) is 0.483. The van der Waals surface area contributed by atoms with Crippen molar-refractivity contribution in [2.24, 2.45) is 0 Å². The van der Waals surface area contributed by atoms with Crippen LogP contribution in [0, 0.1) is 0 Å². The van der Waals surface area contributed by atoms with E-state index in [-0.39, 0.29) is 5.91 Å². The third kappa shape index (κ3) is 2.61. The van der Waals surface area contributed by atoms with Crippen LogP contribution in [0.15, 0.2) is 70.0 Å². The molecule has 118 valence electrons. The van der Waals surface area contributed by atoms with Crippen molar-refractivity contribution in [3.8, 4) is 11.3 Å². The molecule has 0 unspecified atom stereocenters. The minimum atomic E-state index is -0.203. The molecule has 4 rings (SSSR count). The number of halogens is 1. The molecule has 4 aromatic rings. The highest BCUT2D eigenvalue weighted by atomic mass is 79.9. The van der Waals surface area contributed by atoms with Crippen molar-refractivity contribution in [2.75, 3.05) is 5.32 Å². The molecule has 2 aromatic heterocycles. The summed E-state index contributed by atoms with van der Waals surface area (Å²) in [6.45, 7) is 0. The van der Waals surface area contributed by atoms with Gasteiger partial charge in [-0.2, -0.15) is 0 Å². The van der Waals surface area contributed by atoms with Gasteiger partial charge in [0.05, 0.1) is 10.7 Å². The third-order valence-electron chi connectivity index (χ3n) is 3.73. The van der Waals surface area contributed by atoms with Crippen LogP contribution in [0.3, 0.4) is 0 Å². The summed E-state index contributed by atoms with van der Waals surface area (Å²) in [7, 11) is 0. The Kier molecular flexibility index (Phi) is 3.66. The fourth-order valence-corrected chi connectivity index (χ4v) is 3.16. The Balaban J connectivity index is 1.58. The average molecular weight is 382 g/mol. The van der Waals surface area contributed by atoms with Crippen LogP contribution in [0.5, 0.6) is 0 Å². The topological polar surface area (TPSA) is 70.9 Å². The SMILES string of the molecule is O=C(Nc1ccc(-c2cnco2)cc1)c1[nH]c2ccccc2c1Br. The Morgan fingerprint density at radius 3 is 2.62 bits per heavy atom. The summed E-state index contributed by atoms with van der Waals surface area (Å²) in [5, 5.41) is 3.86. The second-order valence-electron chi connectivity index (χ2n) is 5.26. The molecule has 0 saturated heterocycles. The summed E-state index contributed by atoms with van der Waals surface area (Å²) in [6.07, 6.45) is 3.04. The number of aromatic nitrogens is 2. The van der Waals surface area contributed by atoms with Crippen LogP contribution in [0.4, 0.5) is 5.69 Å². The lowest BCUT2D eigenvalue weighted by atomic mass is 10.1. The van der Waals surface area contributed by atoms with Crippen molar-refractivity contribution >= 4 is 38.4 Å². The fraction of sp³-hybridized carbons (Fsp3) is 0. The molecule has 0 aliphatic rings. The zero-order chi connectivity index (χ0) is 16.5. The molecule has 24 heavy (non-hydrogen) atoms. The minimum absolute atomic E-state index is 0.203. The zero-order valence-electron chi connectivity index (χ0n) is 12.4. The predicted octanol–water partition coefficient (Wildman–Crippen LogP) is 4.84. The smallest absolute Gasteiger partial charge is 0.273 e. The largest absolute Gasteiger partial charge is 0.444 e. The Labute approximate surface area is 145 Å². The number of benzene rings is 2. The van der Waals surface area contributed by atoms with Gasteiger partial charge in [-0.15, -0.1) is 0 Å². The van der Waals surface area contributed by atoms with Gasteiger partial charge in [-0.05, 0) is 46.3 Å². The van der Waals surface area contributed by atoms with Crippen molar-refractivity contribution in [3.63, 3.8) is 0 Å². The normalized spacial score (nSPS) is 10.9. The molecular weight excluding hydrogens is 370 g/mol. The fourth-order valence-electron chi connectivity index (χ4n) is 2.53. The molecule has 0 atom stereocenters. The molecule has 1 amide bonds. The van der Waals surface area contributed by atoms with Crippen LogP contribution < -0.4 is 5.32 Å². The minimum Gasteiger partial charge on any atom is -0.444 e. The highest BCUT2D eigenvalue weighted by molar-refractivity contribution is 9.10. The van der Waals surface area contributed by atoms with E-state index in [9.17, 15) is 4.79 Å². The molecule has 0 spiro atoms. The highest BCUT2D eigenvalue weighted by Gasteiger charge is 2.16. The first-order valence-electron chi connectivity index (χ1n) is 7.29. The van der Waals surface area contributed by atoms with Crippen LogP contribution in [0.25, 0.3) is 22.2 Å². The van der Waals surface area contributed by atoms with E-state index in [4.69, 9.17) is 4.42 Å². The van der Waals surface area contributed by atoms with Crippen molar-refractivity contribution in [3.05, 3.63) is 71.3 Å². The Morgan fingerprint density at radius 1 is 1.12 bits per heavy atom. The van der Waals surface area contributed by atoms with Gasteiger partial charge in [-0.3, -0.25) is 4.79 Å². The standard InChI is InChI=1S/C18H12BrN3O2/c19-16-13-3-1-2-4-14(13)22-17(16)18(23)21-12-7-5-11(6-8-12)15-9-20-10-24-15/h1-10,22H,(H,21,23). The lowest BCUT2D eigenvalue weighted by Crippen LogP contribution is -2.12. The van der Waals surface area contributed by atoms with E-state index in [1.807, 2.05) is 48.5 Å². The van der Waals surface area contributed by atoms with Crippen molar-refractivity contribution < 1.29 is 9.21 Å². The van der Waals surface area contributed by atoms with Gasteiger partial charge in [0.2, 0.25) is 0 Å². The van der Waals surface area contributed by atoms with Gasteiger partial charge in [0.25, 0.3) is 5.91 Å². The van der Waals surface area contributed by atoms with E-state index in [1.54, 1.807) is 6.20 Å². The Morgan fingerprint density at radius 2 is 1.92 bits per heavy atom. The van der Waals surface area contributed by atoms with E-state index in [1.165, 1.54) is 6.39 Å². The average Bonchev–Trinajstić information content (AvgIpc) is 3.24.